The van der Waals surface area contributed by atoms with Gasteiger partial charge in [0, 0.05) is 29.9 Å². The van der Waals surface area contributed by atoms with Crippen molar-refractivity contribution in [2.75, 3.05) is 14.1 Å². The molecule has 0 aliphatic heterocycles. The SMILES string of the molecule is CN(C)Cc1cc2c(-c3ccc(S(=O)(=O)NC4CCCCC4)cc3)ccnc2[nH]1. The number of benzene rings is 1. The summed E-state index contributed by atoms with van der Waals surface area (Å²) in [6.07, 6.45) is 7.02. The summed E-state index contributed by atoms with van der Waals surface area (Å²) >= 11 is 0. The number of hydrogen-bond acceptors (Lipinski definition) is 4. The van der Waals surface area contributed by atoms with E-state index in [-0.39, 0.29) is 6.04 Å². The number of sulfonamides is 1. The van der Waals surface area contributed by atoms with Crippen LogP contribution in [-0.2, 0) is 16.6 Å². The smallest absolute Gasteiger partial charge is 0.240 e. The van der Waals surface area contributed by atoms with Crippen molar-refractivity contribution in [3.63, 3.8) is 0 Å². The number of rotatable bonds is 6. The lowest BCUT2D eigenvalue weighted by atomic mass is 9.96. The van der Waals surface area contributed by atoms with Crippen LogP contribution in [-0.4, -0.2) is 43.4 Å². The fourth-order valence-corrected chi connectivity index (χ4v) is 5.39. The van der Waals surface area contributed by atoms with Crippen molar-refractivity contribution in [1.82, 2.24) is 19.6 Å². The number of nitrogens with one attached hydrogen (secondary N) is 2. The highest BCUT2D eigenvalue weighted by molar-refractivity contribution is 7.89. The van der Waals surface area contributed by atoms with Gasteiger partial charge in [0.15, 0.2) is 0 Å². The van der Waals surface area contributed by atoms with Crippen molar-refractivity contribution in [2.24, 2.45) is 0 Å². The van der Waals surface area contributed by atoms with Gasteiger partial charge in [-0.25, -0.2) is 18.1 Å². The predicted molar refractivity (Wildman–Crippen MR) is 116 cm³/mol. The Balaban J connectivity index is 1.60. The molecule has 6 nitrogen and oxygen atoms in total. The summed E-state index contributed by atoms with van der Waals surface area (Å²) in [5.74, 6) is 0. The van der Waals surface area contributed by atoms with Crippen LogP contribution in [0.5, 0.6) is 0 Å². The van der Waals surface area contributed by atoms with Gasteiger partial charge in [0.2, 0.25) is 10.0 Å². The molecule has 29 heavy (non-hydrogen) atoms. The third-order valence-electron chi connectivity index (χ3n) is 5.48. The standard InChI is InChI=1S/C22H28N4O2S/c1-26(2)15-18-14-21-20(12-13-23-22(21)24-18)16-8-10-19(11-9-16)29(27,28)25-17-6-4-3-5-7-17/h8-14,17,25H,3-7,15H2,1-2H3,(H,23,24). The van der Waals surface area contributed by atoms with E-state index in [0.717, 1.165) is 60.1 Å². The van der Waals surface area contributed by atoms with Gasteiger partial charge in [0.25, 0.3) is 0 Å². The van der Waals surface area contributed by atoms with Crippen molar-refractivity contribution in [3.8, 4) is 11.1 Å². The van der Waals surface area contributed by atoms with Gasteiger partial charge in [0.05, 0.1) is 4.90 Å². The maximum atomic E-state index is 12.7. The lowest BCUT2D eigenvalue weighted by Crippen LogP contribution is -2.36. The number of fused-ring (bicyclic) bond motifs is 1. The average Bonchev–Trinajstić information content (AvgIpc) is 3.10. The van der Waals surface area contributed by atoms with Crippen LogP contribution in [0.25, 0.3) is 22.2 Å². The molecule has 0 atom stereocenters. The highest BCUT2D eigenvalue weighted by Gasteiger charge is 2.22. The minimum atomic E-state index is -3.48. The number of aromatic amines is 1. The zero-order valence-electron chi connectivity index (χ0n) is 17.0. The van der Waals surface area contributed by atoms with E-state index < -0.39 is 10.0 Å². The quantitative estimate of drug-likeness (QED) is 0.644. The number of aromatic nitrogens is 2. The Labute approximate surface area is 172 Å². The average molecular weight is 413 g/mol. The summed E-state index contributed by atoms with van der Waals surface area (Å²) in [6.45, 7) is 0.805. The summed E-state index contributed by atoms with van der Waals surface area (Å²) in [6, 6.07) is 11.3. The maximum Gasteiger partial charge on any atom is 0.240 e. The van der Waals surface area contributed by atoms with E-state index >= 15 is 0 Å². The number of hydrogen-bond donors (Lipinski definition) is 2. The second-order valence-electron chi connectivity index (χ2n) is 8.13. The first kappa shape index (κ1) is 20.1. The van der Waals surface area contributed by atoms with Crippen molar-refractivity contribution < 1.29 is 8.42 Å². The topological polar surface area (TPSA) is 78.1 Å². The fraction of sp³-hybridized carbons (Fsp3) is 0.409. The van der Waals surface area contributed by atoms with E-state index in [1.807, 2.05) is 32.3 Å². The Morgan fingerprint density at radius 2 is 1.83 bits per heavy atom. The van der Waals surface area contributed by atoms with E-state index in [0.29, 0.717) is 4.90 Å². The van der Waals surface area contributed by atoms with Crippen LogP contribution in [0.15, 0.2) is 47.5 Å². The summed E-state index contributed by atoms with van der Waals surface area (Å²) in [7, 11) is 0.572. The molecule has 1 saturated carbocycles. The minimum Gasteiger partial charge on any atom is -0.342 e. The van der Waals surface area contributed by atoms with Gasteiger partial charge in [-0.15, -0.1) is 0 Å². The second-order valence-corrected chi connectivity index (χ2v) is 9.85. The molecule has 7 heteroatoms. The molecule has 0 bridgehead atoms. The molecule has 0 spiro atoms. The zero-order chi connectivity index (χ0) is 20.4. The Morgan fingerprint density at radius 1 is 1.10 bits per heavy atom. The molecule has 2 N–H and O–H groups in total. The van der Waals surface area contributed by atoms with Crippen LogP contribution in [0.2, 0.25) is 0 Å². The Kier molecular flexibility index (Phi) is 5.72. The first-order valence-corrected chi connectivity index (χ1v) is 11.6. The van der Waals surface area contributed by atoms with Gasteiger partial charge in [-0.1, -0.05) is 31.4 Å². The summed E-state index contributed by atoms with van der Waals surface area (Å²) in [5.41, 5.74) is 3.96. The third-order valence-corrected chi connectivity index (χ3v) is 7.01. The first-order valence-electron chi connectivity index (χ1n) is 10.2. The van der Waals surface area contributed by atoms with Crippen molar-refractivity contribution >= 4 is 21.1 Å². The molecule has 0 saturated heterocycles. The highest BCUT2D eigenvalue weighted by Crippen LogP contribution is 2.29. The molecule has 0 amide bonds. The largest absolute Gasteiger partial charge is 0.342 e. The molecule has 1 fully saturated rings. The third kappa shape index (κ3) is 4.52. The molecule has 1 aliphatic rings. The second kappa shape index (κ2) is 8.26. The van der Waals surface area contributed by atoms with Gasteiger partial charge in [-0.2, -0.15) is 0 Å². The monoisotopic (exact) mass is 412 g/mol. The number of pyridine rings is 1. The first-order chi connectivity index (χ1) is 13.9. The molecular formula is C22H28N4O2S. The molecule has 3 aromatic rings. The van der Waals surface area contributed by atoms with Crippen LogP contribution in [0.4, 0.5) is 0 Å². The molecule has 154 valence electrons. The fourth-order valence-electron chi connectivity index (χ4n) is 4.08. The summed E-state index contributed by atoms with van der Waals surface area (Å²) < 4.78 is 28.3. The minimum absolute atomic E-state index is 0.0585. The van der Waals surface area contributed by atoms with Crippen molar-refractivity contribution in [3.05, 3.63) is 48.3 Å². The predicted octanol–water partition coefficient (Wildman–Crippen LogP) is 3.90. The molecule has 4 rings (SSSR count). The summed E-state index contributed by atoms with van der Waals surface area (Å²) in [4.78, 5) is 10.2. The Hall–Kier alpha value is -2.22. The Bertz CT molecular complexity index is 1080. The van der Waals surface area contributed by atoms with Gasteiger partial charge >= 0.3 is 0 Å². The molecule has 0 unspecified atom stereocenters. The lowest BCUT2D eigenvalue weighted by molar-refractivity contribution is 0.398. The van der Waals surface area contributed by atoms with E-state index in [9.17, 15) is 8.42 Å². The number of nitrogens with zero attached hydrogens (tertiary/aromatic N) is 2. The lowest BCUT2D eigenvalue weighted by Gasteiger charge is -2.22. The van der Waals surface area contributed by atoms with Gasteiger partial charge < -0.3 is 9.88 Å². The number of H-pyrrole nitrogens is 1. The van der Waals surface area contributed by atoms with E-state index in [2.05, 4.69) is 25.7 Å². The van der Waals surface area contributed by atoms with Gasteiger partial charge in [0.1, 0.15) is 5.65 Å². The van der Waals surface area contributed by atoms with Crippen molar-refractivity contribution in [1.29, 1.82) is 0 Å². The van der Waals surface area contributed by atoms with E-state index in [1.165, 1.54) is 6.42 Å². The van der Waals surface area contributed by atoms with Crippen LogP contribution < -0.4 is 4.72 Å². The van der Waals surface area contributed by atoms with Crippen LogP contribution >= 0.6 is 0 Å². The van der Waals surface area contributed by atoms with Crippen molar-refractivity contribution in [2.45, 2.75) is 49.6 Å². The highest BCUT2D eigenvalue weighted by atomic mass is 32.2. The van der Waals surface area contributed by atoms with Crippen LogP contribution in [0.3, 0.4) is 0 Å². The van der Waals surface area contributed by atoms with Crippen LogP contribution in [0, 0.1) is 0 Å². The maximum absolute atomic E-state index is 12.7. The molecule has 1 aromatic carbocycles. The normalized spacial score (nSPS) is 16.0. The van der Waals surface area contributed by atoms with Gasteiger partial charge in [-0.3, -0.25) is 0 Å². The molecule has 2 aromatic heterocycles. The molecule has 2 heterocycles. The molecule has 1 aliphatic carbocycles. The zero-order valence-corrected chi connectivity index (χ0v) is 17.8. The van der Waals surface area contributed by atoms with Crippen LogP contribution in [0.1, 0.15) is 37.8 Å². The van der Waals surface area contributed by atoms with E-state index in [4.69, 9.17) is 0 Å². The summed E-state index contributed by atoms with van der Waals surface area (Å²) in [5, 5.41) is 1.04. The van der Waals surface area contributed by atoms with Gasteiger partial charge in [-0.05, 0) is 62.3 Å². The van der Waals surface area contributed by atoms with E-state index in [1.54, 1.807) is 18.3 Å². The molecule has 0 radical (unpaired) electrons. The Morgan fingerprint density at radius 3 is 2.52 bits per heavy atom. The molecular weight excluding hydrogens is 384 g/mol.